The topological polar surface area (TPSA) is 97.5 Å². The summed E-state index contributed by atoms with van der Waals surface area (Å²) in [6, 6.07) is 4.72. The van der Waals surface area contributed by atoms with Gasteiger partial charge in [-0.15, -0.1) is 0 Å². The van der Waals surface area contributed by atoms with E-state index in [9.17, 15) is 22.8 Å². The number of halogens is 3. The molecule has 1 N–H and O–H groups in total. The number of amides is 3. The van der Waals surface area contributed by atoms with Gasteiger partial charge in [0.15, 0.2) is 0 Å². The quantitative estimate of drug-likeness (QED) is 0.757. The maximum atomic E-state index is 13.6. The summed E-state index contributed by atoms with van der Waals surface area (Å²) < 4.78 is 40.9. The van der Waals surface area contributed by atoms with Gasteiger partial charge in [-0.1, -0.05) is 0 Å². The molecule has 1 aromatic carbocycles. The van der Waals surface area contributed by atoms with E-state index in [2.05, 4.69) is 10.4 Å². The van der Waals surface area contributed by atoms with E-state index >= 15 is 0 Å². The third-order valence-electron chi connectivity index (χ3n) is 5.92. The van der Waals surface area contributed by atoms with Crippen molar-refractivity contribution in [1.29, 1.82) is 5.26 Å². The van der Waals surface area contributed by atoms with E-state index in [0.717, 1.165) is 6.07 Å². The molecule has 0 unspecified atom stereocenters. The Labute approximate surface area is 187 Å². The number of aromatic nitrogens is 2. The smallest absolute Gasteiger partial charge is 0.317 e. The lowest BCUT2D eigenvalue weighted by Gasteiger charge is -2.34. The molecule has 33 heavy (non-hydrogen) atoms. The first-order valence-electron chi connectivity index (χ1n) is 10.4. The van der Waals surface area contributed by atoms with Gasteiger partial charge in [0.05, 0.1) is 30.9 Å². The average Bonchev–Trinajstić information content (AvgIpc) is 3.07. The maximum absolute atomic E-state index is 13.6. The van der Waals surface area contributed by atoms with Crippen molar-refractivity contribution in [2.75, 3.05) is 25.5 Å². The molecule has 0 aliphatic carbocycles. The molecule has 0 spiro atoms. The molecule has 174 valence electrons. The second-order valence-electron chi connectivity index (χ2n) is 8.05. The zero-order valence-electron chi connectivity index (χ0n) is 18.1. The predicted molar refractivity (Wildman–Crippen MR) is 111 cm³/mol. The summed E-state index contributed by atoms with van der Waals surface area (Å²) in [6.07, 6.45) is -2.18. The van der Waals surface area contributed by atoms with Gasteiger partial charge in [-0.2, -0.15) is 10.4 Å². The van der Waals surface area contributed by atoms with Crippen molar-refractivity contribution in [3.63, 3.8) is 0 Å². The second-order valence-corrected chi connectivity index (χ2v) is 8.05. The molecular weight excluding hydrogens is 439 g/mol. The fourth-order valence-electron chi connectivity index (χ4n) is 4.17. The zero-order chi connectivity index (χ0) is 23.9. The van der Waals surface area contributed by atoms with Crippen LogP contribution in [0.25, 0.3) is 0 Å². The summed E-state index contributed by atoms with van der Waals surface area (Å²) in [4.78, 5) is 27.6. The standard InChI is InChI=1S/C21H22F3N7O2/c1-12-7-17-15(10-30(12)21(33)26-14-3-4-16(22)13(8-14)9-25)19-20(32)28(2)29(11-18(23)24)5-6-31(19)27-17/h3-4,8,12,18H,5-7,10-11H2,1-2H3,(H,26,33)/t12-/m1/s1. The number of carbonyl (C=O) groups excluding carboxylic acids is 2. The minimum absolute atomic E-state index is 0.0956. The number of benzene rings is 1. The molecular formula is C21H22F3N7O2. The first-order chi connectivity index (χ1) is 15.7. The molecule has 0 saturated carbocycles. The van der Waals surface area contributed by atoms with Gasteiger partial charge >= 0.3 is 6.03 Å². The number of hydrogen-bond acceptors (Lipinski definition) is 5. The largest absolute Gasteiger partial charge is 0.322 e. The average molecular weight is 461 g/mol. The molecule has 1 atom stereocenters. The SMILES string of the molecule is C[C@@H]1Cc2nn3c(c2CN1C(=O)Nc1ccc(F)c(C#N)c1)C(=O)N(C)N(CC(F)F)CC3. The molecule has 0 saturated heterocycles. The summed E-state index contributed by atoms with van der Waals surface area (Å²) in [5.41, 5.74) is 1.63. The lowest BCUT2D eigenvalue weighted by molar-refractivity contribution is -0.0262. The number of hydrazine groups is 1. The van der Waals surface area contributed by atoms with Gasteiger partial charge in [0.2, 0.25) is 0 Å². The minimum Gasteiger partial charge on any atom is -0.317 e. The van der Waals surface area contributed by atoms with Crippen molar-refractivity contribution in [2.45, 2.75) is 38.9 Å². The number of fused-ring (bicyclic) bond motifs is 3. The highest BCUT2D eigenvalue weighted by atomic mass is 19.3. The number of urea groups is 1. The highest BCUT2D eigenvalue weighted by molar-refractivity contribution is 5.95. The highest BCUT2D eigenvalue weighted by Gasteiger charge is 2.37. The third-order valence-corrected chi connectivity index (χ3v) is 5.92. The summed E-state index contributed by atoms with van der Waals surface area (Å²) >= 11 is 0. The van der Waals surface area contributed by atoms with Crippen LogP contribution in [-0.4, -0.2) is 69.2 Å². The van der Waals surface area contributed by atoms with Gasteiger partial charge in [0.1, 0.15) is 17.6 Å². The van der Waals surface area contributed by atoms with E-state index in [1.165, 1.54) is 38.8 Å². The summed E-state index contributed by atoms with van der Waals surface area (Å²) in [5, 5.41) is 18.7. The summed E-state index contributed by atoms with van der Waals surface area (Å²) in [5.74, 6) is -1.15. The fraction of sp³-hybridized carbons (Fsp3) is 0.429. The lowest BCUT2D eigenvalue weighted by atomic mass is 9.99. The van der Waals surface area contributed by atoms with E-state index < -0.39 is 30.7 Å². The van der Waals surface area contributed by atoms with E-state index in [1.54, 1.807) is 6.07 Å². The Bertz CT molecular complexity index is 1140. The number of carbonyl (C=O) groups is 2. The van der Waals surface area contributed by atoms with Crippen LogP contribution in [0.3, 0.4) is 0 Å². The Morgan fingerprint density at radius 1 is 1.36 bits per heavy atom. The van der Waals surface area contributed by atoms with Gasteiger partial charge in [0.25, 0.3) is 12.3 Å². The minimum atomic E-state index is -2.59. The molecule has 0 fully saturated rings. The van der Waals surface area contributed by atoms with E-state index in [4.69, 9.17) is 5.26 Å². The second kappa shape index (κ2) is 8.74. The van der Waals surface area contributed by atoms with Crippen molar-refractivity contribution in [2.24, 2.45) is 0 Å². The normalized spacial score (nSPS) is 18.6. The molecule has 2 aliphatic heterocycles. The van der Waals surface area contributed by atoms with Crippen LogP contribution in [0.5, 0.6) is 0 Å². The molecule has 1 aromatic heterocycles. The Morgan fingerprint density at radius 2 is 2.12 bits per heavy atom. The molecule has 3 heterocycles. The number of rotatable bonds is 3. The van der Waals surface area contributed by atoms with E-state index in [-0.39, 0.29) is 42.6 Å². The number of alkyl halides is 2. The Balaban J connectivity index is 1.58. The van der Waals surface area contributed by atoms with Gasteiger partial charge in [-0.05, 0) is 25.1 Å². The fourth-order valence-corrected chi connectivity index (χ4v) is 4.17. The highest BCUT2D eigenvalue weighted by Crippen LogP contribution is 2.29. The summed E-state index contributed by atoms with van der Waals surface area (Å²) in [6.45, 7) is 1.84. The van der Waals surface area contributed by atoms with Crippen LogP contribution in [0.15, 0.2) is 18.2 Å². The van der Waals surface area contributed by atoms with Crippen LogP contribution in [0.1, 0.15) is 34.2 Å². The molecule has 4 rings (SSSR count). The van der Waals surface area contributed by atoms with E-state index in [1.807, 2.05) is 6.92 Å². The maximum Gasteiger partial charge on any atom is 0.322 e. The van der Waals surface area contributed by atoms with Crippen LogP contribution in [0.2, 0.25) is 0 Å². The molecule has 2 aromatic rings. The van der Waals surface area contributed by atoms with Crippen molar-refractivity contribution in [1.82, 2.24) is 24.7 Å². The van der Waals surface area contributed by atoms with Crippen molar-refractivity contribution < 1.29 is 22.8 Å². The van der Waals surface area contributed by atoms with Gasteiger partial charge in [-0.25, -0.2) is 23.0 Å². The zero-order valence-corrected chi connectivity index (χ0v) is 18.1. The van der Waals surface area contributed by atoms with Gasteiger partial charge in [-0.3, -0.25) is 14.5 Å². The monoisotopic (exact) mass is 461 g/mol. The van der Waals surface area contributed by atoms with Crippen LogP contribution < -0.4 is 5.32 Å². The van der Waals surface area contributed by atoms with Gasteiger partial charge < -0.3 is 10.2 Å². The number of nitrogens with one attached hydrogen (secondary N) is 1. The van der Waals surface area contributed by atoms with Crippen molar-refractivity contribution >= 4 is 17.6 Å². The van der Waals surface area contributed by atoms with Crippen LogP contribution >= 0.6 is 0 Å². The predicted octanol–water partition coefficient (Wildman–Crippen LogP) is 2.44. The number of anilines is 1. The van der Waals surface area contributed by atoms with Crippen molar-refractivity contribution in [3.8, 4) is 6.07 Å². The number of hydrogen-bond donors (Lipinski definition) is 1. The molecule has 0 bridgehead atoms. The Hall–Kier alpha value is -3.59. The molecule has 0 radical (unpaired) electrons. The molecule has 2 aliphatic rings. The summed E-state index contributed by atoms with van der Waals surface area (Å²) in [7, 11) is 1.44. The van der Waals surface area contributed by atoms with E-state index in [0.29, 0.717) is 17.7 Å². The number of nitrogens with zero attached hydrogens (tertiary/aromatic N) is 6. The Morgan fingerprint density at radius 3 is 2.82 bits per heavy atom. The third kappa shape index (κ3) is 4.23. The number of nitriles is 1. The van der Waals surface area contributed by atoms with Crippen molar-refractivity contribution in [3.05, 3.63) is 46.5 Å². The Kier molecular flexibility index (Phi) is 5.99. The molecule has 9 nitrogen and oxygen atoms in total. The molecule has 3 amide bonds. The van der Waals surface area contributed by atoms with Crippen LogP contribution in [-0.2, 0) is 19.5 Å². The molecule has 12 heteroatoms. The van der Waals surface area contributed by atoms with Crippen LogP contribution in [0.4, 0.5) is 23.7 Å². The lowest BCUT2D eigenvalue weighted by Crippen LogP contribution is -2.47. The first kappa shape index (κ1) is 22.6. The van der Waals surface area contributed by atoms with Gasteiger partial charge in [0, 0.05) is 37.3 Å². The van der Waals surface area contributed by atoms with Crippen LogP contribution in [0, 0.1) is 17.1 Å². The first-order valence-corrected chi connectivity index (χ1v) is 10.4.